The number of thioether (sulfide) groups is 1. The largest absolute Gasteiger partial charge is 0.345 e. The number of benzene rings is 2. The first-order valence-electron chi connectivity index (χ1n) is 9.21. The zero-order valence-electron chi connectivity index (χ0n) is 16.4. The van der Waals surface area contributed by atoms with E-state index >= 15 is 0 Å². The number of aromatic nitrogens is 3. The maximum atomic E-state index is 12.4. The first kappa shape index (κ1) is 23.4. The van der Waals surface area contributed by atoms with Crippen LogP contribution in [-0.2, 0) is 17.9 Å². The van der Waals surface area contributed by atoms with Gasteiger partial charge in [0.15, 0.2) is 11.0 Å². The van der Waals surface area contributed by atoms with E-state index in [0.717, 1.165) is 0 Å². The number of anilines is 1. The molecule has 0 unspecified atom stereocenters. The summed E-state index contributed by atoms with van der Waals surface area (Å²) in [6, 6.07) is 11.7. The fourth-order valence-corrected chi connectivity index (χ4v) is 4.18. The molecule has 7 nitrogen and oxygen atoms in total. The molecular formula is C20H18Cl3N5O2S. The molecule has 0 aliphatic rings. The van der Waals surface area contributed by atoms with Gasteiger partial charge in [-0.2, -0.15) is 0 Å². The minimum atomic E-state index is -0.347. The summed E-state index contributed by atoms with van der Waals surface area (Å²) in [5.74, 6) is 0.141. The third kappa shape index (κ3) is 6.13. The first-order chi connectivity index (χ1) is 14.9. The average Bonchev–Trinajstić information content (AvgIpc) is 3.14. The quantitative estimate of drug-likeness (QED) is 0.430. The van der Waals surface area contributed by atoms with Gasteiger partial charge in [0.1, 0.15) is 0 Å². The third-order valence-corrected chi connectivity index (χ3v) is 6.02. The second kappa shape index (κ2) is 10.9. The van der Waals surface area contributed by atoms with Gasteiger partial charge in [0, 0.05) is 11.6 Å². The van der Waals surface area contributed by atoms with Gasteiger partial charge >= 0.3 is 0 Å². The zero-order chi connectivity index (χ0) is 22.4. The van der Waals surface area contributed by atoms with Crippen molar-refractivity contribution in [3.63, 3.8) is 0 Å². The van der Waals surface area contributed by atoms with Crippen molar-refractivity contribution in [1.29, 1.82) is 0 Å². The number of carbonyl (C=O) groups excluding carboxylic acids is 2. The summed E-state index contributed by atoms with van der Waals surface area (Å²) < 4.78 is 1.83. The van der Waals surface area contributed by atoms with Crippen molar-refractivity contribution >= 4 is 64.1 Å². The van der Waals surface area contributed by atoms with Crippen molar-refractivity contribution in [2.24, 2.45) is 0 Å². The lowest BCUT2D eigenvalue weighted by Crippen LogP contribution is -2.25. The molecule has 0 saturated carbocycles. The molecule has 2 aromatic carbocycles. The number of hydrogen-bond acceptors (Lipinski definition) is 5. The van der Waals surface area contributed by atoms with Crippen LogP contribution >= 0.6 is 46.6 Å². The molecule has 3 aromatic rings. The predicted molar refractivity (Wildman–Crippen MR) is 124 cm³/mol. The lowest BCUT2D eigenvalue weighted by molar-refractivity contribution is -0.113. The highest BCUT2D eigenvalue weighted by molar-refractivity contribution is 7.99. The molecule has 162 valence electrons. The lowest BCUT2D eigenvalue weighted by Gasteiger charge is -2.10. The maximum absolute atomic E-state index is 12.4. The van der Waals surface area contributed by atoms with E-state index in [2.05, 4.69) is 20.8 Å². The van der Waals surface area contributed by atoms with E-state index in [1.807, 2.05) is 11.5 Å². The smallest absolute Gasteiger partial charge is 0.253 e. The van der Waals surface area contributed by atoms with Gasteiger partial charge in [-0.25, -0.2) is 0 Å². The molecule has 0 bridgehead atoms. The van der Waals surface area contributed by atoms with E-state index in [1.165, 1.54) is 17.8 Å². The van der Waals surface area contributed by atoms with Crippen LogP contribution in [0.1, 0.15) is 23.1 Å². The Hall–Kier alpha value is -2.26. The van der Waals surface area contributed by atoms with Gasteiger partial charge in [0.2, 0.25) is 5.91 Å². The van der Waals surface area contributed by atoms with Gasteiger partial charge < -0.3 is 15.2 Å². The number of nitrogens with one attached hydrogen (secondary N) is 2. The molecule has 0 spiro atoms. The van der Waals surface area contributed by atoms with Crippen molar-refractivity contribution in [3.05, 3.63) is 68.9 Å². The molecule has 2 N–H and O–H groups in total. The van der Waals surface area contributed by atoms with Crippen LogP contribution in [0.3, 0.4) is 0 Å². The van der Waals surface area contributed by atoms with Gasteiger partial charge in [-0.1, -0.05) is 58.7 Å². The van der Waals surface area contributed by atoms with Gasteiger partial charge in [0.05, 0.1) is 33.6 Å². The van der Waals surface area contributed by atoms with Crippen LogP contribution in [0.25, 0.3) is 0 Å². The Morgan fingerprint density at radius 3 is 2.55 bits per heavy atom. The van der Waals surface area contributed by atoms with Gasteiger partial charge in [-0.15, -0.1) is 10.2 Å². The Labute approximate surface area is 198 Å². The van der Waals surface area contributed by atoms with Gasteiger partial charge in [0.25, 0.3) is 5.91 Å². The Morgan fingerprint density at radius 2 is 1.84 bits per heavy atom. The van der Waals surface area contributed by atoms with Crippen molar-refractivity contribution in [2.75, 3.05) is 11.1 Å². The maximum Gasteiger partial charge on any atom is 0.253 e. The van der Waals surface area contributed by atoms with E-state index in [9.17, 15) is 9.59 Å². The Morgan fingerprint density at radius 1 is 1.06 bits per heavy atom. The molecule has 0 aliphatic heterocycles. The highest BCUT2D eigenvalue weighted by atomic mass is 35.5. The zero-order valence-corrected chi connectivity index (χ0v) is 19.4. The summed E-state index contributed by atoms with van der Waals surface area (Å²) in [6.45, 7) is 2.66. The highest BCUT2D eigenvalue weighted by Gasteiger charge is 2.16. The van der Waals surface area contributed by atoms with Crippen LogP contribution < -0.4 is 10.6 Å². The summed E-state index contributed by atoms with van der Waals surface area (Å²) >= 11 is 19.3. The monoisotopic (exact) mass is 497 g/mol. The van der Waals surface area contributed by atoms with Crippen molar-refractivity contribution in [1.82, 2.24) is 20.1 Å². The van der Waals surface area contributed by atoms with Crippen LogP contribution in [0.2, 0.25) is 15.1 Å². The second-order valence-corrected chi connectivity index (χ2v) is 8.46. The number of rotatable bonds is 8. The van der Waals surface area contributed by atoms with Crippen LogP contribution in [0, 0.1) is 0 Å². The fourth-order valence-electron chi connectivity index (χ4n) is 2.68. The van der Waals surface area contributed by atoms with Crippen molar-refractivity contribution in [2.45, 2.75) is 25.2 Å². The molecule has 0 aliphatic carbocycles. The van der Waals surface area contributed by atoms with E-state index in [4.69, 9.17) is 34.8 Å². The molecule has 0 radical (unpaired) electrons. The van der Waals surface area contributed by atoms with Crippen LogP contribution in [0.15, 0.2) is 47.6 Å². The number of hydrogen-bond donors (Lipinski definition) is 2. The molecule has 2 amide bonds. The number of carbonyl (C=O) groups is 2. The molecule has 0 saturated heterocycles. The van der Waals surface area contributed by atoms with E-state index < -0.39 is 0 Å². The summed E-state index contributed by atoms with van der Waals surface area (Å²) in [7, 11) is 0. The third-order valence-electron chi connectivity index (χ3n) is 4.17. The van der Waals surface area contributed by atoms with E-state index in [1.54, 1.807) is 36.4 Å². The second-order valence-electron chi connectivity index (χ2n) is 6.27. The molecule has 0 atom stereocenters. The van der Waals surface area contributed by atoms with E-state index in [0.29, 0.717) is 38.8 Å². The number of para-hydroxylation sites is 1. The van der Waals surface area contributed by atoms with Crippen LogP contribution in [0.4, 0.5) is 5.69 Å². The Bertz CT molecular complexity index is 1110. The average molecular weight is 499 g/mol. The van der Waals surface area contributed by atoms with Gasteiger partial charge in [-0.3, -0.25) is 9.59 Å². The number of halogens is 3. The highest BCUT2D eigenvalue weighted by Crippen LogP contribution is 2.23. The summed E-state index contributed by atoms with van der Waals surface area (Å²) in [6.07, 6.45) is 0. The predicted octanol–water partition coefficient (Wildman–Crippen LogP) is 4.92. The number of nitrogens with zero attached hydrogens (tertiary/aromatic N) is 3. The SMILES string of the molecule is CCn1c(CNC(=O)c2ccc(Cl)cc2Cl)nnc1SCC(=O)Nc1ccccc1Cl. The minimum Gasteiger partial charge on any atom is -0.345 e. The molecule has 1 aromatic heterocycles. The van der Waals surface area contributed by atoms with Crippen molar-refractivity contribution in [3.8, 4) is 0 Å². The summed E-state index contributed by atoms with van der Waals surface area (Å²) in [4.78, 5) is 24.7. The molecule has 11 heteroatoms. The first-order valence-corrected chi connectivity index (χ1v) is 11.3. The molecule has 3 rings (SSSR count). The normalized spacial score (nSPS) is 10.7. The minimum absolute atomic E-state index is 0.135. The molecular weight excluding hydrogens is 481 g/mol. The summed E-state index contributed by atoms with van der Waals surface area (Å²) in [5, 5.41) is 15.6. The van der Waals surface area contributed by atoms with Crippen LogP contribution in [0.5, 0.6) is 0 Å². The number of amides is 2. The van der Waals surface area contributed by atoms with Gasteiger partial charge in [-0.05, 0) is 37.3 Å². The Balaban J connectivity index is 1.59. The topological polar surface area (TPSA) is 88.9 Å². The standard InChI is InChI=1S/C20H18Cl3N5O2S/c1-2-28-17(10-24-19(30)13-8-7-12(21)9-15(13)23)26-27-20(28)31-11-18(29)25-16-6-4-3-5-14(16)22/h3-9H,2,10-11H2,1H3,(H,24,30)(H,25,29). The molecule has 31 heavy (non-hydrogen) atoms. The Kier molecular flexibility index (Phi) is 8.20. The van der Waals surface area contributed by atoms with Crippen molar-refractivity contribution < 1.29 is 9.59 Å². The lowest BCUT2D eigenvalue weighted by atomic mass is 10.2. The molecule has 1 heterocycles. The fraction of sp³-hybridized carbons (Fsp3) is 0.200. The summed E-state index contributed by atoms with van der Waals surface area (Å²) in [5.41, 5.74) is 0.871. The molecule has 0 fully saturated rings. The van der Waals surface area contributed by atoms with Crippen LogP contribution in [-0.4, -0.2) is 32.3 Å². The van der Waals surface area contributed by atoms with E-state index in [-0.39, 0.29) is 29.1 Å².